The molecule has 3 N–H and O–H groups in total. The monoisotopic (exact) mass is 632 g/mol. The molecule has 0 spiro atoms. The number of allylic oxidation sites excluding steroid dienone is 5. The second-order valence-corrected chi connectivity index (χ2v) is 13.3. The first-order chi connectivity index (χ1) is 22.2. The Morgan fingerprint density at radius 1 is 0.511 bits per heavy atom. The van der Waals surface area contributed by atoms with Gasteiger partial charge in [0.2, 0.25) is 5.91 Å². The smallest absolute Gasteiger partial charge is 0.220 e. The molecule has 0 radical (unpaired) electrons. The molecule has 0 fully saturated rings. The standard InChI is InChI=1S/C41H77NO3/c1-3-5-6-7-8-9-10-11-12-13-14-15-16-17-18-19-20-21-22-23-24-25-26-27-28-29-30-31-32-33-34-35-37-40(44)39(38-43)42-41(45)36-4-2/h27-28,31-32,35,37,39-40,43-44H,3-26,29-30,33-34,36,38H2,1-2H3,(H,42,45)/b28-27+,32-31+,37-35+. The van der Waals surface area contributed by atoms with Gasteiger partial charge < -0.3 is 15.5 Å². The normalized spacial score (nSPS) is 13.4. The van der Waals surface area contributed by atoms with Crippen LogP contribution in [0.5, 0.6) is 0 Å². The molecule has 2 atom stereocenters. The van der Waals surface area contributed by atoms with Gasteiger partial charge in [-0.15, -0.1) is 0 Å². The lowest BCUT2D eigenvalue weighted by atomic mass is 10.0. The number of amides is 1. The number of aliphatic hydroxyl groups is 2. The highest BCUT2D eigenvalue weighted by Gasteiger charge is 2.17. The van der Waals surface area contributed by atoms with Gasteiger partial charge in [-0.05, 0) is 44.9 Å². The minimum atomic E-state index is -0.863. The molecule has 0 heterocycles. The van der Waals surface area contributed by atoms with E-state index in [1.54, 1.807) is 6.08 Å². The van der Waals surface area contributed by atoms with Gasteiger partial charge in [0.15, 0.2) is 0 Å². The molecule has 0 aromatic carbocycles. The Balaban J connectivity index is 3.37. The van der Waals surface area contributed by atoms with Crippen molar-refractivity contribution >= 4 is 5.91 Å². The summed E-state index contributed by atoms with van der Waals surface area (Å²) < 4.78 is 0. The fraction of sp³-hybridized carbons (Fsp3) is 0.829. The predicted molar refractivity (Wildman–Crippen MR) is 198 cm³/mol. The third-order valence-corrected chi connectivity index (χ3v) is 8.82. The first kappa shape index (κ1) is 43.6. The van der Waals surface area contributed by atoms with Crippen LogP contribution in [0.15, 0.2) is 36.5 Å². The van der Waals surface area contributed by atoms with Crippen molar-refractivity contribution in [3.05, 3.63) is 36.5 Å². The lowest BCUT2D eigenvalue weighted by molar-refractivity contribution is -0.122. The van der Waals surface area contributed by atoms with Crippen LogP contribution in [0.3, 0.4) is 0 Å². The fourth-order valence-corrected chi connectivity index (χ4v) is 5.84. The average Bonchev–Trinajstić information content (AvgIpc) is 3.04. The van der Waals surface area contributed by atoms with E-state index in [0.29, 0.717) is 6.42 Å². The van der Waals surface area contributed by atoms with Crippen LogP contribution in [-0.2, 0) is 4.79 Å². The molecule has 0 aromatic rings. The van der Waals surface area contributed by atoms with Gasteiger partial charge in [0.25, 0.3) is 0 Å². The van der Waals surface area contributed by atoms with Gasteiger partial charge in [0.1, 0.15) is 0 Å². The Hall–Kier alpha value is -1.39. The van der Waals surface area contributed by atoms with E-state index in [1.165, 1.54) is 148 Å². The third-order valence-electron chi connectivity index (χ3n) is 8.82. The number of hydrogen-bond acceptors (Lipinski definition) is 3. The lowest BCUT2D eigenvalue weighted by Crippen LogP contribution is -2.45. The molecule has 4 nitrogen and oxygen atoms in total. The molecule has 0 saturated heterocycles. The van der Waals surface area contributed by atoms with Crippen molar-refractivity contribution in [1.29, 1.82) is 0 Å². The van der Waals surface area contributed by atoms with Crippen molar-refractivity contribution in [1.82, 2.24) is 5.32 Å². The van der Waals surface area contributed by atoms with Gasteiger partial charge in [0.05, 0.1) is 18.8 Å². The number of carbonyl (C=O) groups is 1. The van der Waals surface area contributed by atoms with Crippen LogP contribution in [-0.4, -0.2) is 34.9 Å². The molecule has 2 unspecified atom stereocenters. The number of rotatable bonds is 35. The summed E-state index contributed by atoms with van der Waals surface area (Å²) in [5.41, 5.74) is 0. The first-order valence-corrected chi connectivity index (χ1v) is 19.7. The highest BCUT2D eigenvalue weighted by atomic mass is 16.3. The van der Waals surface area contributed by atoms with Crippen molar-refractivity contribution < 1.29 is 15.0 Å². The highest BCUT2D eigenvalue weighted by Crippen LogP contribution is 2.15. The summed E-state index contributed by atoms with van der Waals surface area (Å²) in [6, 6.07) is -0.638. The number of nitrogens with one attached hydrogen (secondary N) is 1. The summed E-state index contributed by atoms with van der Waals surface area (Å²) in [4.78, 5) is 11.7. The third kappa shape index (κ3) is 33.8. The molecule has 0 aromatic heterocycles. The number of carbonyl (C=O) groups excluding carboxylic acids is 1. The van der Waals surface area contributed by atoms with Crippen LogP contribution in [0.1, 0.15) is 200 Å². The van der Waals surface area contributed by atoms with Crippen LogP contribution in [0, 0.1) is 0 Å². The summed E-state index contributed by atoms with van der Waals surface area (Å²) in [7, 11) is 0. The summed E-state index contributed by atoms with van der Waals surface area (Å²) in [6.45, 7) is 3.96. The van der Waals surface area contributed by atoms with Gasteiger partial charge in [-0.3, -0.25) is 4.79 Å². The van der Waals surface area contributed by atoms with Crippen molar-refractivity contribution in [2.75, 3.05) is 6.61 Å². The van der Waals surface area contributed by atoms with Crippen molar-refractivity contribution in [2.24, 2.45) is 0 Å². The summed E-state index contributed by atoms with van der Waals surface area (Å²) in [6.07, 6.45) is 49.7. The zero-order valence-electron chi connectivity index (χ0n) is 30.1. The number of aliphatic hydroxyl groups excluding tert-OH is 2. The minimum Gasteiger partial charge on any atom is -0.394 e. The summed E-state index contributed by atoms with van der Waals surface area (Å²) >= 11 is 0. The van der Waals surface area contributed by atoms with Crippen molar-refractivity contribution in [3.8, 4) is 0 Å². The molecule has 0 rings (SSSR count). The van der Waals surface area contributed by atoms with Crippen LogP contribution >= 0.6 is 0 Å². The largest absolute Gasteiger partial charge is 0.394 e. The van der Waals surface area contributed by atoms with E-state index in [-0.39, 0.29) is 12.5 Å². The quantitative estimate of drug-likeness (QED) is 0.0481. The maximum Gasteiger partial charge on any atom is 0.220 e. The fourth-order valence-electron chi connectivity index (χ4n) is 5.84. The SMILES string of the molecule is CCCCCCCCCCCCCCCCCCCCCCCC/C=C/CC/C=C/CC/C=C/C(O)C(CO)NC(=O)CCC. The van der Waals surface area contributed by atoms with Crippen molar-refractivity contribution in [3.63, 3.8) is 0 Å². The molecule has 0 aliphatic heterocycles. The molecule has 0 bridgehead atoms. The van der Waals surface area contributed by atoms with Gasteiger partial charge in [-0.2, -0.15) is 0 Å². The zero-order chi connectivity index (χ0) is 32.9. The number of unbranched alkanes of at least 4 members (excludes halogenated alkanes) is 24. The zero-order valence-corrected chi connectivity index (χ0v) is 30.1. The molecule has 4 heteroatoms. The Morgan fingerprint density at radius 2 is 0.867 bits per heavy atom. The summed E-state index contributed by atoms with van der Waals surface area (Å²) in [5, 5.41) is 22.2. The maximum atomic E-state index is 11.7. The number of hydrogen-bond donors (Lipinski definition) is 3. The van der Waals surface area contributed by atoms with Crippen LogP contribution in [0.4, 0.5) is 0 Å². The second-order valence-electron chi connectivity index (χ2n) is 13.3. The van der Waals surface area contributed by atoms with Gasteiger partial charge in [-0.25, -0.2) is 0 Å². The van der Waals surface area contributed by atoms with Gasteiger partial charge in [0, 0.05) is 6.42 Å². The lowest BCUT2D eigenvalue weighted by Gasteiger charge is -2.19. The van der Waals surface area contributed by atoms with E-state index >= 15 is 0 Å². The van der Waals surface area contributed by atoms with Crippen molar-refractivity contribution in [2.45, 2.75) is 212 Å². The van der Waals surface area contributed by atoms with Gasteiger partial charge in [-0.1, -0.05) is 185 Å². The minimum absolute atomic E-state index is 0.132. The summed E-state index contributed by atoms with van der Waals surface area (Å²) in [5.74, 6) is -0.132. The van der Waals surface area contributed by atoms with E-state index in [1.807, 2.05) is 13.0 Å². The van der Waals surface area contributed by atoms with E-state index < -0.39 is 12.1 Å². The second kappa shape index (κ2) is 37.1. The van der Waals surface area contributed by atoms with Crippen LogP contribution in [0.25, 0.3) is 0 Å². The molecule has 0 aliphatic carbocycles. The molecule has 1 amide bonds. The molecule has 45 heavy (non-hydrogen) atoms. The predicted octanol–water partition coefficient (Wildman–Crippen LogP) is 11.8. The Bertz CT molecular complexity index is 686. The van der Waals surface area contributed by atoms with Crippen LogP contribution < -0.4 is 5.32 Å². The van der Waals surface area contributed by atoms with Gasteiger partial charge >= 0.3 is 0 Å². The average molecular weight is 632 g/mol. The molecular weight excluding hydrogens is 554 g/mol. The maximum absolute atomic E-state index is 11.7. The molecular formula is C41H77NO3. The Morgan fingerprint density at radius 3 is 1.24 bits per heavy atom. The Kier molecular flexibility index (Phi) is 35.9. The Labute approximate surface area is 281 Å². The van der Waals surface area contributed by atoms with E-state index in [0.717, 1.165) is 32.1 Å². The van der Waals surface area contributed by atoms with Crippen LogP contribution in [0.2, 0.25) is 0 Å². The van der Waals surface area contributed by atoms with E-state index in [4.69, 9.17) is 0 Å². The highest BCUT2D eigenvalue weighted by molar-refractivity contribution is 5.76. The molecule has 264 valence electrons. The first-order valence-electron chi connectivity index (χ1n) is 19.7. The molecule has 0 aliphatic rings. The molecule has 0 saturated carbocycles. The van der Waals surface area contributed by atoms with E-state index in [2.05, 4.69) is 36.5 Å². The topological polar surface area (TPSA) is 69.6 Å². The van der Waals surface area contributed by atoms with E-state index in [9.17, 15) is 15.0 Å².